The van der Waals surface area contributed by atoms with Gasteiger partial charge in [0.05, 0.1) is 18.5 Å². The van der Waals surface area contributed by atoms with Gasteiger partial charge in [0.15, 0.2) is 0 Å². The summed E-state index contributed by atoms with van der Waals surface area (Å²) < 4.78 is 0. The molecular formula is C15H19N3O. The quantitative estimate of drug-likeness (QED) is 0.904. The number of rotatable bonds is 3. The number of amides is 2. The van der Waals surface area contributed by atoms with Crippen LogP contribution in [0.25, 0.3) is 0 Å². The van der Waals surface area contributed by atoms with Crippen LogP contribution in [-0.2, 0) is 0 Å². The summed E-state index contributed by atoms with van der Waals surface area (Å²) in [6.45, 7) is 7.45. The van der Waals surface area contributed by atoms with E-state index in [0.717, 1.165) is 0 Å². The van der Waals surface area contributed by atoms with Gasteiger partial charge in [-0.15, -0.1) is 0 Å². The maximum absolute atomic E-state index is 11.8. The summed E-state index contributed by atoms with van der Waals surface area (Å²) in [5, 5.41) is 11.6. The molecular weight excluding hydrogens is 238 g/mol. The predicted molar refractivity (Wildman–Crippen MR) is 73.7 cm³/mol. The maximum atomic E-state index is 11.8. The van der Waals surface area contributed by atoms with Crippen molar-refractivity contribution < 1.29 is 4.79 Å². The normalized spacial score (nSPS) is 18.3. The van der Waals surface area contributed by atoms with Crippen LogP contribution in [0.5, 0.6) is 0 Å². The third-order valence-corrected chi connectivity index (χ3v) is 3.96. The van der Waals surface area contributed by atoms with Gasteiger partial charge < -0.3 is 10.2 Å². The minimum Gasteiger partial charge on any atom is -0.329 e. The average molecular weight is 257 g/mol. The lowest BCUT2D eigenvalue weighted by atomic mass is 9.94. The van der Waals surface area contributed by atoms with Gasteiger partial charge in [0.2, 0.25) is 0 Å². The number of benzene rings is 1. The van der Waals surface area contributed by atoms with E-state index in [1.165, 1.54) is 22.3 Å². The van der Waals surface area contributed by atoms with Gasteiger partial charge in [-0.1, -0.05) is 12.1 Å². The molecule has 1 aromatic carbocycles. The molecule has 1 unspecified atom stereocenters. The van der Waals surface area contributed by atoms with E-state index in [1.807, 2.05) is 0 Å². The number of hydrogen-bond donors (Lipinski definition) is 1. The van der Waals surface area contributed by atoms with E-state index in [9.17, 15) is 4.79 Å². The Bertz CT molecular complexity index is 545. The lowest BCUT2D eigenvalue weighted by Crippen LogP contribution is -2.28. The lowest BCUT2D eigenvalue weighted by molar-refractivity contribution is 0.218. The molecule has 2 amide bonds. The van der Waals surface area contributed by atoms with Crippen LogP contribution in [0.15, 0.2) is 12.1 Å². The molecule has 1 atom stereocenters. The van der Waals surface area contributed by atoms with E-state index in [4.69, 9.17) is 5.26 Å². The zero-order chi connectivity index (χ0) is 14.0. The van der Waals surface area contributed by atoms with Crippen LogP contribution in [-0.4, -0.2) is 24.0 Å². The van der Waals surface area contributed by atoms with Crippen LogP contribution in [0.1, 0.15) is 34.7 Å². The molecule has 0 radical (unpaired) electrons. The molecule has 1 fully saturated rings. The van der Waals surface area contributed by atoms with E-state index in [1.54, 1.807) is 4.90 Å². The third-order valence-electron chi connectivity index (χ3n) is 3.96. The fourth-order valence-electron chi connectivity index (χ4n) is 2.50. The van der Waals surface area contributed by atoms with Crippen LogP contribution in [0.2, 0.25) is 0 Å². The predicted octanol–water partition coefficient (Wildman–Crippen LogP) is 2.59. The van der Waals surface area contributed by atoms with Gasteiger partial charge in [0.1, 0.15) is 0 Å². The molecule has 0 spiro atoms. The van der Waals surface area contributed by atoms with E-state index in [-0.39, 0.29) is 12.1 Å². The van der Waals surface area contributed by atoms with Crippen molar-refractivity contribution in [1.82, 2.24) is 10.2 Å². The first-order valence-corrected chi connectivity index (χ1v) is 6.53. The first-order chi connectivity index (χ1) is 9.04. The molecule has 1 aliphatic heterocycles. The summed E-state index contributed by atoms with van der Waals surface area (Å²) >= 11 is 0. The monoisotopic (exact) mass is 257 g/mol. The van der Waals surface area contributed by atoms with Gasteiger partial charge in [-0.2, -0.15) is 5.26 Å². The number of nitrogens with one attached hydrogen (secondary N) is 1. The topological polar surface area (TPSA) is 56.1 Å². The molecule has 100 valence electrons. The zero-order valence-electron chi connectivity index (χ0n) is 11.7. The largest absolute Gasteiger partial charge is 0.329 e. The Morgan fingerprint density at radius 3 is 2.79 bits per heavy atom. The standard InChI is InChI=1S/C15H19N3O/c1-10-5-6-13(12(3)11(10)2)14-9-18(8-4-7-16)15(19)17-14/h5-6,14H,4,8-9H2,1-3H3,(H,17,19). The molecule has 0 bridgehead atoms. The second-order valence-electron chi connectivity index (χ2n) is 5.08. The van der Waals surface area contributed by atoms with Gasteiger partial charge in [-0.05, 0) is 43.0 Å². The molecule has 2 rings (SSSR count). The number of hydrogen-bond acceptors (Lipinski definition) is 2. The van der Waals surface area contributed by atoms with Crippen LogP contribution in [0.3, 0.4) is 0 Å². The van der Waals surface area contributed by atoms with Crippen molar-refractivity contribution >= 4 is 6.03 Å². The Morgan fingerprint density at radius 2 is 2.11 bits per heavy atom. The smallest absolute Gasteiger partial charge is 0.318 e. The van der Waals surface area contributed by atoms with Crippen LogP contribution in [0, 0.1) is 32.1 Å². The van der Waals surface area contributed by atoms with E-state index < -0.39 is 0 Å². The second kappa shape index (κ2) is 5.31. The van der Waals surface area contributed by atoms with Gasteiger partial charge in [0.25, 0.3) is 0 Å². The number of aryl methyl sites for hydroxylation is 1. The molecule has 1 aromatic rings. The zero-order valence-corrected chi connectivity index (χ0v) is 11.7. The van der Waals surface area contributed by atoms with Crippen molar-refractivity contribution in [2.75, 3.05) is 13.1 Å². The molecule has 1 N–H and O–H groups in total. The summed E-state index contributed by atoms with van der Waals surface area (Å²) in [6.07, 6.45) is 0.381. The van der Waals surface area contributed by atoms with Crippen molar-refractivity contribution in [3.8, 4) is 6.07 Å². The van der Waals surface area contributed by atoms with Gasteiger partial charge in [-0.3, -0.25) is 0 Å². The molecule has 0 aliphatic carbocycles. The summed E-state index contributed by atoms with van der Waals surface area (Å²) in [4.78, 5) is 13.5. The number of carbonyl (C=O) groups is 1. The number of nitriles is 1. The Labute approximate surface area is 114 Å². The molecule has 1 aliphatic rings. The van der Waals surface area contributed by atoms with Gasteiger partial charge in [0, 0.05) is 13.1 Å². The molecule has 0 aromatic heterocycles. The molecule has 1 heterocycles. The highest BCUT2D eigenvalue weighted by molar-refractivity contribution is 5.77. The Kier molecular flexibility index (Phi) is 3.75. The Morgan fingerprint density at radius 1 is 1.37 bits per heavy atom. The molecule has 19 heavy (non-hydrogen) atoms. The third kappa shape index (κ3) is 2.55. The fourth-order valence-corrected chi connectivity index (χ4v) is 2.50. The molecule has 4 heteroatoms. The summed E-state index contributed by atoms with van der Waals surface area (Å²) in [5.41, 5.74) is 4.97. The number of carbonyl (C=O) groups excluding carboxylic acids is 1. The highest BCUT2D eigenvalue weighted by atomic mass is 16.2. The minimum atomic E-state index is -0.0714. The minimum absolute atomic E-state index is 0.0329. The first-order valence-electron chi connectivity index (χ1n) is 6.53. The van der Waals surface area contributed by atoms with E-state index >= 15 is 0 Å². The fraction of sp³-hybridized carbons (Fsp3) is 0.467. The first kappa shape index (κ1) is 13.4. The van der Waals surface area contributed by atoms with Gasteiger partial charge in [-0.25, -0.2) is 4.79 Å². The maximum Gasteiger partial charge on any atom is 0.318 e. The number of nitrogens with zero attached hydrogens (tertiary/aromatic N) is 2. The Hall–Kier alpha value is -2.02. The van der Waals surface area contributed by atoms with Crippen molar-refractivity contribution in [2.24, 2.45) is 0 Å². The SMILES string of the molecule is Cc1ccc(C2CN(CCC#N)C(=O)N2)c(C)c1C. The second-order valence-corrected chi connectivity index (χ2v) is 5.08. The lowest BCUT2D eigenvalue weighted by Gasteiger charge is -2.17. The van der Waals surface area contributed by atoms with Gasteiger partial charge >= 0.3 is 6.03 Å². The van der Waals surface area contributed by atoms with E-state index in [0.29, 0.717) is 19.5 Å². The summed E-state index contributed by atoms with van der Waals surface area (Å²) in [6, 6.07) is 6.23. The van der Waals surface area contributed by atoms with E-state index in [2.05, 4.69) is 44.3 Å². The summed E-state index contributed by atoms with van der Waals surface area (Å²) in [7, 11) is 0. The van der Waals surface area contributed by atoms with Crippen molar-refractivity contribution in [3.05, 3.63) is 34.4 Å². The average Bonchev–Trinajstić information content (AvgIpc) is 2.75. The van der Waals surface area contributed by atoms with Crippen LogP contribution >= 0.6 is 0 Å². The molecule has 0 saturated carbocycles. The molecule has 4 nitrogen and oxygen atoms in total. The summed E-state index contributed by atoms with van der Waals surface area (Å²) in [5.74, 6) is 0. The van der Waals surface area contributed by atoms with Crippen molar-refractivity contribution in [1.29, 1.82) is 5.26 Å². The molecule has 1 saturated heterocycles. The van der Waals surface area contributed by atoms with Crippen molar-refractivity contribution in [2.45, 2.75) is 33.2 Å². The highest BCUT2D eigenvalue weighted by Crippen LogP contribution is 2.26. The number of urea groups is 1. The van der Waals surface area contributed by atoms with Crippen LogP contribution < -0.4 is 5.32 Å². The Balaban J connectivity index is 2.19. The highest BCUT2D eigenvalue weighted by Gasteiger charge is 2.30. The van der Waals surface area contributed by atoms with Crippen LogP contribution in [0.4, 0.5) is 4.79 Å². The van der Waals surface area contributed by atoms with Crippen molar-refractivity contribution in [3.63, 3.8) is 0 Å².